The number of H-pyrrole nitrogens is 1. The zero-order valence-corrected chi connectivity index (χ0v) is 8.50. The molecule has 0 saturated heterocycles. The standard InChI is InChI=1S/C10H12N4O/c1-6-8(5-11)9(14-13-6)12-10(15)7-3-2-4-7/h7H,2-4H2,1H3,(H2,12,13,14,15). The van der Waals surface area contributed by atoms with Crippen LogP contribution in [0, 0.1) is 24.2 Å². The molecule has 0 radical (unpaired) electrons. The molecule has 2 rings (SSSR count). The van der Waals surface area contributed by atoms with Crippen LogP contribution in [0.1, 0.15) is 30.5 Å². The number of carbonyl (C=O) groups excluding carboxylic acids is 1. The van der Waals surface area contributed by atoms with E-state index < -0.39 is 0 Å². The molecule has 15 heavy (non-hydrogen) atoms. The Balaban J connectivity index is 2.10. The van der Waals surface area contributed by atoms with Gasteiger partial charge in [-0.1, -0.05) is 6.42 Å². The molecule has 1 heterocycles. The molecule has 5 nitrogen and oxygen atoms in total. The van der Waals surface area contributed by atoms with E-state index in [9.17, 15) is 4.79 Å². The van der Waals surface area contributed by atoms with E-state index in [1.165, 1.54) is 0 Å². The van der Waals surface area contributed by atoms with E-state index in [2.05, 4.69) is 15.5 Å². The highest BCUT2D eigenvalue weighted by Gasteiger charge is 2.26. The van der Waals surface area contributed by atoms with Gasteiger partial charge in [-0.25, -0.2) is 0 Å². The predicted molar refractivity (Wildman–Crippen MR) is 54.0 cm³/mol. The smallest absolute Gasteiger partial charge is 0.228 e. The third-order valence-corrected chi connectivity index (χ3v) is 2.78. The van der Waals surface area contributed by atoms with Crippen LogP contribution < -0.4 is 5.32 Å². The van der Waals surface area contributed by atoms with Gasteiger partial charge in [0.2, 0.25) is 5.91 Å². The molecule has 0 unspecified atom stereocenters. The third kappa shape index (κ3) is 1.71. The van der Waals surface area contributed by atoms with Crippen molar-refractivity contribution in [3.63, 3.8) is 0 Å². The number of hydrogen-bond acceptors (Lipinski definition) is 3. The average molecular weight is 204 g/mol. The molecule has 1 aliphatic carbocycles. The van der Waals surface area contributed by atoms with Crippen LogP contribution in [0.25, 0.3) is 0 Å². The Labute approximate surface area is 87.5 Å². The molecule has 78 valence electrons. The number of anilines is 1. The van der Waals surface area contributed by atoms with Crippen LogP contribution in [0.3, 0.4) is 0 Å². The Bertz CT molecular complexity index is 425. The maximum absolute atomic E-state index is 11.6. The molecular weight excluding hydrogens is 192 g/mol. The van der Waals surface area contributed by atoms with Crippen molar-refractivity contribution in [2.75, 3.05) is 5.32 Å². The lowest BCUT2D eigenvalue weighted by Gasteiger charge is -2.23. The van der Waals surface area contributed by atoms with Crippen LogP contribution in [-0.4, -0.2) is 16.1 Å². The number of nitrogens with zero attached hydrogens (tertiary/aromatic N) is 2. The quantitative estimate of drug-likeness (QED) is 0.762. The lowest BCUT2D eigenvalue weighted by molar-refractivity contribution is -0.122. The molecule has 0 aliphatic heterocycles. The van der Waals surface area contributed by atoms with Crippen LogP contribution in [0.4, 0.5) is 5.82 Å². The second-order valence-electron chi connectivity index (χ2n) is 3.80. The number of rotatable bonds is 2. The van der Waals surface area contributed by atoms with Crippen LogP contribution in [0.5, 0.6) is 0 Å². The first-order chi connectivity index (χ1) is 7.22. The Morgan fingerprint density at radius 3 is 2.93 bits per heavy atom. The molecule has 5 heteroatoms. The first kappa shape index (κ1) is 9.71. The minimum atomic E-state index is -0.0238. The van der Waals surface area contributed by atoms with E-state index in [0.29, 0.717) is 17.1 Å². The summed E-state index contributed by atoms with van der Waals surface area (Å²) in [4.78, 5) is 11.6. The van der Waals surface area contributed by atoms with Crippen LogP contribution >= 0.6 is 0 Å². The van der Waals surface area contributed by atoms with Gasteiger partial charge >= 0.3 is 0 Å². The number of carbonyl (C=O) groups is 1. The van der Waals surface area contributed by atoms with E-state index in [4.69, 9.17) is 5.26 Å². The van der Waals surface area contributed by atoms with Crippen LogP contribution in [-0.2, 0) is 4.79 Å². The molecule has 0 bridgehead atoms. The lowest BCUT2D eigenvalue weighted by Crippen LogP contribution is -2.28. The molecule has 0 atom stereocenters. The fraction of sp³-hybridized carbons (Fsp3) is 0.500. The number of aromatic nitrogens is 2. The number of amides is 1. The number of aromatic amines is 1. The van der Waals surface area contributed by atoms with Gasteiger partial charge in [-0.05, 0) is 19.8 Å². The van der Waals surface area contributed by atoms with E-state index in [1.807, 2.05) is 6.07 Å². The fourth-order valence-corrected chi connectivity index (χ4v) is 1.55. The summed E-state index contributed by atoms with van der Waals surface area (Å²) in [5.74, 6) is 0.435. The van der Waals surface area contributed by atoms with Crippen molar-refractivity contribution in [2.24, 2.45) is 5.92 Å². The van der Waals surface area contributed by atoms with Gasteiger partial charge in [0, 0.05) is 5.92 Å². The Hall–Kier alpha value is -1.83. The summed E-state index contributed by atoms with van der Waals surface area (Å²) in [7, 11) is 0. The van der Waals surface area contributed by atoms with Gasteiger partial charge in [0.05, 0.1) is 5.69 Å². The monoisotopic (exact) mass is 204 g/mol. The number of hydrogen-bond donors (Lipinski definition) is 2. The minimum absolute atomic E-state index is 0.0238. The summed E-state index contributed by atoms with van der Waals surface area (Å²) in [6.45, 7) is 1.75. The molecule has 1 amide bonds. The molecular formula is C10H12N4O. The highest BCUT2D eigenvalue weighted by molar-refractivity contribution is 5.93. The summed E-state index contributed by atoms with van der Waals surface area (Å²) in [6, 6.07) is 2.02. The molecule has 1 aromatic rings. The zero-order chi connectivity index (χ0) is 10.8. The van der Waals surface area contributed by atoms with Crippen molar-refractivity contribution in [1.82, 2.24) is 10.2 Å². The summed E-state index contributed by atoms with van der Waals surface area (Å²) in [6.07, 6.45) is 3.00. The molecule has 1 fully saturated rings. The summed E-state index contributed by atoms with van der Waals surface area (Å²) in [5, 5.41) is 18.1. The second kappa shape index (κ2) is 3.73. The van der Waals surface area contributed by atoms with Gasteiger partial charge in [0.1, 0.15) is 11.6 Å². The molecule has 1 aliphatic rings. The Morgan fingerprint density at radius 2 is 2.40 bits per heavy atom. The maximum Gasteiger partial charge on any atom is 0.228 e. The highest BCUT2D eigenvalue weighted by Crippen LogP contribution is 2.27. The van der Waals surface area contributed by atoms with Gasteiger partial charge in [-0.3, -0.25) is 9.89 Å². The van der Waals surface area contributed by atoms with Crippen molar-refractivity contribution < 1.29 is 4.79 Å². The van der Waals surface area contributed by atoms with Crippen molar-refractivity contribution in [1.29, 1.82) is 5.26 Å². The Morgan fingerprint density at radius 1 is 1.67 bits per heavy atom. The first-order valence-corrected chi connectivity index (χ1v) is 4.98. The molecule has 1 saturated carbocycles. The lowest BCUT2D eigenvalue weighted by atomic mass is 9.85. The topological polar surface area (TPSA) is 81.6 Å². The molecule has 2 N–H and O–H groups in total. The number of nitrogens with one attached hydrogen (secondary N) is 2. The maximum atomic E-state index is 11.6. The van der Waals surface area contributed by atoms with E-state index in [-0.39, 0.29) is 11.8 Å². The van der Waals surface area contributed by atoms with E-state index >= 15 is 0 Å². The molecule has 1 aromatic heterocycles. The Kier molecular flexibility index (Phi) is 2.42. The summed E-state index contributed by atoms with van der Waals surface area (Å²) < 4.78 is 0. The van der Waals surface area contributed by atoms with Gasteiger partial charge in [0.15, 0.2) is 5.82 Å². The summed E-state index contributed by atoms with van der Waals surface area (Å²) in [5.41, 5.74) is 1.10. The largest absolute Gasteiger partial charge is 0.308 e. The van der Waals surface area contributed by atoms with E-state index in [1.54, 1.807) is 6.92 Å². The second-order valence-corrected chi connectivity index (χ2v) is 3.80. The molecule has 0 spiro atoms. The average Bonchev–Trinajstić information content (AvgIpc) is 2.43. The van der Waals surface area contributed by atoms with Gasteiger partial charge in [0.25, 0.3) is 0 Å². The van der Waals surface area contributed by atoms with Gasteiger partial charge in [-0.2, -0.15) is 10.4 Å². The number of nitriles is 1. The predicted octanol–water partition coefficient (Wildman–Crippen LogP) is 1.33. The van der Waals surface area contributed by atoms with Crippen molar-refractivity contribution in [3.8, 4) is 6.07 Å². The van der Waals surface area contributed by atoms with Gasteiger partial charge in [-0.15, -0.1) is 0 Å². The third-order valence-electron chi connectivity index (χ3n) is 2.78. The van der Waals surface area contributed by atoms with Gasteiger partial charge < -0.3 is 5.32 Å². The van der Waals surface area contributed by atoms with Crippen molar-refractivity contribution in [3.05, 3.63) is 11.3 Å². The molecule has 0 aromatic carbocycles. The normalized spacial score (nSPS) is 15.5. The minimum Gasteiger partial charge on any atom is -0.308 e. The van der Waals surface area contributed by atoms with E-state index in [0.717, 1.165) is 19.3 Å². The zero-order valence-electron chi connectivity index (χ0n) is 8.50. The van der Waals surface area contributed by atoms with Crippen LogP contribution in [0.15, 0.2) is 0 Å². The SMILES string of the molecule is Cc1[nH]nc(NC(=O)C2CCC2)c1C#N. The van der Waals surface area contributed by atoms with Crippen molar-refractivity contribution in [2.45, 2.75) is 26.2 Å². The summed E-state index contributed by atoms with van der Waals surface area (Å²) >= 11 is 0. The number of aryl methyl sites for hydroxylation is 1. The van der Waals surface area contributed by atoms with Crippen molar-refractivity contribution >= 4 is 11.7 Å². The highest BCUT2D eigenvalue weighted by atomic mass is 16.2. The first-order valence-electron chi connectivity index (χ1n) is 4.98. The fourth-order valence-electron chi connectivity index (χ4n) is 1.55. The van der Waals surface area contributed by atoms with Crippen LogP contribution in [0.2, 0.25) is 0 Å².